The maximum atomic E-state index is 11.9. The molecule has 22 heavy (non-hydrogen) atoms. The van der Waals surface area contributed by atoms with Crippen LogP contribution < -0.4 is 22.5 Å². The van der Waals surface area contributed by atoms with Gasteiger partial charge in [0.25, 0.3) is 0 Å². The third-order valence-corrected chi connectivity index (χ3v) is 4.27. The van der Waals surface area contributed by atoms with Crippen molar-refractivity contribution in [2.24, 2.45) is 5.84 Å². The minimum atomic E-state index is -0.623. The summed E-state index contributed by atoms with van der Waals surface area (Å²) < 4.78 is 16.7. The van der Waals surface area contributed by atoms with Crippen molar-refractivity contribution in [3.05, 3.63) is 17.7 Å². The number of carbonyl (C=O) groups excluding carboxylic acids is 1. The number of rotatable bonds is 3. The van der Waals surface area contributed by atoms with E-state index in [4.69, 9.17) is 25.6 Å². The molecule has 1 aliphatic heterocycles. The van der Waals surface area contributed by atoms with Crippen LogP contribution in [-0.2, 0) is 14.0 Å². The molecule has 7 nitrogen and oxygen atoms in total. The maximum absolute atomic E-state index is 11.9. The molecule has 0 unspecified atom stereocenters. The van der Waals surface area contributed by atoms with Crippen LogP contribution in [0.2, 0.25) is 0 Å². The summed E-state index contributed by atoms with van der Waals surface area (Å²) in [5, 5.41) is 0. The minimum absolute atomic E-state index is 0.231. The molecule has 5 N–H and O–H groups in total. The fraction of sp³-hybridized carbons (Fsp3) is 0.500. The number of methoxy groups -OCH3 is 1. The highest BCUT2D eigenvalue weighted by atomic mass is 16.7. The van der Waals surface area contributed by atoms with Gasteiger partial charge in [-0.1, -0.05) is 0 Å². The van der Waals surface area contributed by atoms with E-state index in [9.17, 15) is 4.79 Å². The van der Waals surface area contributed by atoms with Crippen molar-refractivity contribution in [2.75, 3.05) is 18.3 Å². The summed E-state index contributed by atoms with van der Waals surface area (Å²) in [6, 6.07) is 3.28. The summed E-state index contributed by atoms with van der Waals surface area (Å²) >= 11 is 0. The van der Waals surface area contributed by atoms with Crippen molar-refractivity contribution in [1.82, 2.24) is 0 Å². The van der Waals surface area contributed by atoms with Gasteiger partial charge in [-0.3, -0.25) is 5.84 Å². The van der Waals surface area contributed by atoms with E-state index in [1.807, 2.05) is 27.7 Å². The molecule has 1 saturated heterocycles. The van der Waals surface area contributed by atoms with Gasteiger partial charge < -0.3 is 25.2 Å². The van der Waals surface area contributed by atoms with Crippen LogP contribution in [0, 0.1) is 0 Å². The average Bonchev–Trinajstić information content (AvgIpc) is 2.65. The van der Waals surface area contributed by atoms with E-state index in [0.717, 1.165) is 0 Å². The molecule has 120 valence electrons. The summed E-state index contributed by atoms with van der Waals surface area (Å²) in [6.07, 6.45) is 0. The van der Waals surface area contributed by atoms with Gasteiger partial charge in [-0.25, -0.2) is 4.79 Å². The number of carbonyl (C=O) groups is 1. The number of nitrogen functional groups attached to an aromatic ring is 2. The lowest BCUT2D eigenvalue weighted by atomic mass is 9.77. The molecule has 0 aliphatic carbocycles. The Balaban J connectivity index is 2.46. The fourth-order valence-corrected chi connectivity index (χ4v) is 2.23. The second-order valence-electron chi connectivity index (χ2n) is 6.26. The first-order valence-electron chi connectivity index (χ1n) is 6.97. The summed E-state index contributed by atoms with van der Waals surface area (Å²) in [4.78, 5) is 11.9. The molecule has 8 heteroatoms. The third-order valence-electron chi connectivity index (χ3n) is 4.27. The van der Waals surface area contributed by atoms with Crippen LogP contribution in [0.3, 0.4) is 0 Å². The first-order chi connectivity index (χ1) is 10.1. The van der Waals surface area contributed by atoms with Crippen LogP contribution in [0.15, 0.2) is 12.1 Å². The minimum Gasteiger partial charge on any atom is -0.465 e. The van der Waals surface area contributed by atoms with E-state index in [-0.39, 0.29) is 5.56 Å². The first-order valence-corrected chi connectivity index (χ1v) is 6.97. The fourth-order valence-electron chi connectivity index (χ4n) is 2.23. The van der Waals surface area contributed by atoms with Crippen molar-refractivity contribution in [3.8, 4) is 0 Å². The molecule has 0 atom stereocenters. The van der Waals surface area contributed by atoms with Gasteiger partial charge in [-0.05, 0) is 45.3 Å². The maximum Gasteiger partial charge on any atom is 0.494 e. The molecule has 0 bridgehead atoms. The molecule has 1 fully saturated rings. The Kier molecular flexibility index (Phi) is 4.12. The predicted molar refractivity (Wildman–Crippen MR) is 85.7 cm³/mol. The molecule has 0 amide bonds. The van der Waals surface area contributed by atoms with Crippen LogP contribution >= 0.6 is 0 Å². The number of nitrogens with two attached hydrogens (primary N) is 2. The molecular formula is C14H22BN3O4. The standard InChI is InChI=1S/C14H22BN3O4/c1-13(2)14(3,4)22-15(21-13)8-6-9(12(19)20-5)11(18-17)10(16)7-8/h6-7,18H,16-17H2,1-5H3. The molecule has 1 heterocycles. The van der Waals surface area contributed by atoms with Crippen LogP contribution in [-0.4, -0.2) is 31.4 Å². The SMILES string of the molecule is COC(=O)c1cc(B2OC(C)(C)C(C)(C)O2)cc(N)c1NN. The molecule has 1 aliphatic rings. The first kappa shape index (κ1) is 16.6. The Morgan fingerprint density at radius 3 is 2.23 bits per heavy atom. The zero-order chi connectivity index (χ0) is 16.7. The second kappa shape index (κ2) is 5.46. The monoisotopic (exact) mass is 307 g/mol. The van der Waals surface area contributed by atoms with Gasteiger partial charge in [0, 0.05) is 0 Å². The smallest absolute Gasteiger partial charge is 0.465 e. The van der Waals surface area contributed by atoms with Crippen LogP contribution in [0.4, 0.5) is 11.4 Å². The number of hydrazine groups is 1. The van der Waals surface area contributed by atoms with Crippen molar-refractivity contribution in [2.45, 2.75) is 38.9 Å². The Hall–Kier alpha value is -1.77. The molecule has 1 aromatic rings. The lowest BCUT2D eigenvalue weighted by molar-refractivity contribution is 0.00578. The molecular weight excluding hydrogens is 285 g/mol. The number of nitrogens with one attached hydrogen (secondary N) is 1. The lowest BCUT2D eigenvalue weighted by Gasteiger charge is -2.32. The topological polar surface area (TPSA) is 109 Å². The highest BCUT2D eigenvalue weighted by Crippen LogP contribution is 2.37. The average molecular weight is 307 g/mol. The van der Waals surface area contributed by atoms with Crippen LogP contribution in [0.25, 0.3) is 0 Å². The van der Waals surface area contributed by atoms with Crippen molar-refractivity contribution < 1.29 is 18.8 Å². The second-order valence-corrected chi connectivity index (χ2v) is 6.26. The quantitative estimate of drug-likeness (QED) is 0.247. The highest BCUT2D eigenvalue weighted by Gasteiger charge is 2.51. The van der Waals surface area contributed by atoms with Gasteiger partial charge >= 0.3 is 13.1 Å². The van der Waals surface area contributed by atoms with Gasteiger partial charge in [0.05, 0.1) is 35.3 Å². The van der Waals surface area contributed by atoms with Gasteiger partial charge in [0.2, 0.25) is 0 Å². The number of hydrogen-bond acceptors (Lipinski definition) is 7. The van der Waals surface area contributed by atoms with Gasteiger partial charge in [0.15, 0.2) is 0 Å². The Morgan fingerprint density at radius 2 is 1.77 bits per heavy atom. The van der Waals surface area contributed by atoms with Gasteiger partial charge in [-0.15, -0.1) is 0 Å². The van der Waals surface area contributed by atoms with E-state index in [2.05, 4.69) is 5.43 Å². The van der Waals surface area contributed by atoms with Gasteiger partial charge in [-0.2, -0.15) is 0 Å². The Morgan fingerprint density at radius 1 is 1.23 bits per heavy atom. The number of anilines is 2. The molecule has 0 spiro atoms. The van der Waals surface area contributed by atoms with E-state index >= 15 is 0 Å². The number of ether oxygens (including phenoxy) is 1. The normalized spacial score (nSPS) is 19.1. The van der Waals surface area contributed by atoms with Gasteiger partial charge in [0.1, 0.15) is 0 Å². The van der Waals surface area contributed by atoms with E-state index in [1.165, 1.54) is 7.11 Å². The zero-order valence-electron chi connectivity index (χ0n) is 13.5. The van der Waals surface area contributed by atoms with Crippen molar-refractivity contribution >= 4 is 29.9 Å². The molecule has 2 rings (SSSR count). The molecule has 0 aromatic heterocycles. The Labute approximate surface area is 130 Å². The van der Waals surface area contributed by atoms with Crippen molar-refractivity contribution in [3.63, 3.8) is 0 Å². The zero-order valence-corrected chi connectivity index (χ0v) is 13.5. The number of hydrogen-bond donors (Lipinski definition) is 3. The molecule has 1 aromatic carbocycles. The van der Waals surface area contributed by atoms with E-state index < -0.39 is 24.3 Å². The molecule has 0 saturated carbocycles. The highest BCUT2D eigenvalue weighted by molar-refractivity contribution is 6.62. The van der Waals surface area contributed by atoms with Crippen LogP contribution in [0.5, 0.6) is 0 Å². The lowest BCUT2D eigenvalue weighted by Crippen LogP contribution is -2.41. The number of benzene rings is 1. The molecule has 0 radical (unpaired) electrons. The largest absolute Gasteiger partial charge is 0.494 e. The summed E-state index contributed by atoms with van der Waals surface area (Å²) in [5.74, 6) is 4.89. The van der Waals surface area contributed by atoms with E-state index in [1.54, 1.807) is 12.1 Å². The third kappa shape index (κ3) is 2.65. The summed E-state index contributed by atoms with van der Waals surface area (Å²) in [5.41, 5.74) is 8.91. The number of esters is 1. The van der Waals surface area contributed by atoms with Crippen LogP contribution in [0.1, 0.15) is 38.1 Å². The summed E-state index contributed by atoms with van der Waals surface area (Å²) in [6.45, 7) is 7.81. The summed E-state index contributed by atoms with van der Waals surface area (Å²) in [7, 11) is 0.669. The Bertz CT molecular complexity index is 588. The van der Waals surface area contributed by atoms with Crippen molar-refractivity contribution in [1.29, 1.82) is 0 Å². The van der Waals surface area contributed by atoms with E-state index in [0.29, 0.717) is 16.8 Å². The predicted octanol–water partition coefficient (Wildman–Crippen LogP) is 0.640.